The summed E-state index contributed by atoms with van der Waals surface area (Å²) >= 11 is 0.750. The van der Waals surface area contributed by atoms with E-state index in [0.29, 0.717) is 13.2 Å². The van der Waals surface area contributed by atoms with Crippen LogP contribution >= 0.6 is 0 Å². The van der Waals surface area contributed by atoms with Crippen LogP contribution in [0.15, 0.2) is 0 Å². The molecule has 2 N–H and O–H groups in total. The van der Waals surface area contributed by atoms with Crippen LogP contribution in [-0.2, 0) is 23.7 Å². The van der Waals surface area contributed by atoms with E-state index < -0.39 is 0 Å². The van der Waals surface area contributed by atoms with Crippen molar-refractivity contribution in [2.45, 2.75) is 184 Å². The summed E-state index contributed by atoms with van der Waals surface area (Å²) in [6.45, 7) is 26.5. The van der Waals surface area contributed by atoms with Crippen LogP contribution in [0.4, 0.5) is 0 Å². The first-order valence-electron chi connectivity index (χ1n) is 17.1. The molecular formula is C36H78O3Ti. The fourth-order valence-electron chi connectivity index (χ4n) is 3.85. The molecule has 0 aromatic rings. The SMILES string of the molecule is CC(C)CCCCCCO.CC(C)CCCCCCO.[CH2-]CCCCCC(C)C.[CH2-]CCCCCC(C)C.[O]=[Ti+2]. The molecule has 0 atom stereocenters. The normalized spacial score (nSPS) is 10.3. The number of unbranched alkanes of at least 4 members (excludes halogenated alkanes) is 12. The van der Waals surface area contributed by atoms with Crippen LogP contribution in [0.5, 0.6) is 0 Å². The maximum absolute atomic E-state index is 8.47. The van der Waals surface area contributed by atoms with Crippen LogP contribution in [-0.4, -0.2) is 23.4 Å². The molecule has 0 bridgehead atoms. The molecule has 0 radical (unpaired) electrons. The van der Waals surface area contributed by atoms with Crippen molar-refractivity contribution in [1.82, 2.24) is 0 Å². The maximum atomic E-state index is 8.47. The van der Waals surface area contributed by atoms with Crippen LogP contribution in [0.25, 0.3) is 0 Å². The van der Waals surface area contributed by atoms with Gasteiger partial charge in [0.2, 0.25) is 0 Å². The molecule has 0 saturated carbocycles. The van der Waals surface area contributed by atoms with Gasteiger partial charge in [-0.15, -0.1) is 0 Å². The zero-order chi connectivity index (χ0) is 31.9. The number of hydrogen-bond donors (Lipinski definition) is 2. The average molecular weight is 607 g/mol. The van der Waals surface area contributed by atoms with Crippen molar-refractivity contribution in [2.24, 2.45) is 23.7 Å². The Hall–Kier alpha value is 0.434. The second-order valence-electron chi connectivity index (χ2n) is 12.8. The van der Waals surface area contributed by atoms with E-state index in [1.807, 2.05) is 0 Å². The zero-order valence-electron chi connectivity index (χ0n) is 29.1. The summed E-state index contributed by atoms with van der Waals surface area (Å²) in [5.74, 6) is 3.45. The number of aliphatic hydroxyl groups is 2. The molecule has 0 unspecified atom stereocenters. The molecule has 0 fully saturated rings. The van der Waals surface area contributed by atoms with Gasteiger partial charge in [-0.05, 0) is 36.5 Å². The molecule has 0 spiro atoms. The van der Waals surface area contributed by atoms with Crippen molar-refractivity contribution in [3.63, 3.8) is 0 Å². The van der Waals surface area contributed by atoms with Crippen LogP contribution in [0.1, 0.15) is 184 Å². The van der Waals surface area contributed by atoms with Crippen molar-refractivity contribution in [3.8, 4) is 0 Å². The predicted octanol–water partition coefficient (Wildman–Crippen LogP) is 11.9. The average Bonchev–Trinajstić information content (AvgIpc) is 2.91. The predicted molar refractivity (Wildman–Crippen MR) is 177 cm³/mol. The van der Waals surface area contributed by atoms with Gasteiger partial charge in [0.1, 0.15) is 0 Å². The molecule has 0 aliphatic heterocycles. The second-order valence-corrected chi connectivity index (χ2v) is 12.8. The Morgan fingerprint density at radius 3 is 0.775 bits per heavy atom. The van der Waals surface area contributed by atoms with Gasteiger partial charge in [0.05, 0.1) is 0 Å². The monoisotopic (exact) mass is 607 g/mol. The van der Waals surface area contributed by atoms with Crippen LogP contribution < -0.4 is 0 Å². The molecule has 0 aromatic heterocycles. The van der Waals surface area contributed by atoms with Gasteiger partial charge < -0.3 is 24.1 Å². The van der Waals surface area contributed by atoms with Gasteiger partial charge in [0.25, 0.3) is 0 Å². The summed E-state index contributed by atoms with van der Waals surface area (Å²) in [4.78, 5) is 0. The summed E-state index contributed by atoms with van der Waals surface area (Å²) in [7, 11) is 0. The van der Waals surface area contributed by atoms with E-state index in [2.05, 4.69) is 69.2 Å². The Bertz CT molecular complexity index is 339. The zero-order valence-corrected chi connectivity index (χ0v) is 30.6. The Morgan fingerprint density at radius 1 is 0.400 bits per heavy atom. The topological polar surface area (TPSA) is 57.5 Å². The Balaban J connectivity index is -0.000000133. The van der Waals surface area contributed by atoms with E-state index in [1.54, 1.807) is 0 Å². The second kappa shape index (κ2) is 49.1. The molecule has 0 amide bonds. The van der Waals surface area contributed by atoms with E-state index in [4.69, 9.17) is 13.5 Å². The molecule has 0 rings (SSSR count). The summed E-state index contributed by atoms with van der Waals surface area (Å²) < 4.78 is 8.25. The van der Waals surface area contributed by atoms with Gasteiger partial charge >= 0.3 is 23.7 Å². The van der Waals surface area contributed by atoms with Gasteiger partial charge in [-0.3, -0.25) is 0 Å². The third-order valence-corrected chi connectivity index (χ3v) is 6.44. The van der Waals surface area contributed by atoms with E-state index in [-0.39, 0.29) is 0 Å². The van der Waals surface area contributed by atoms with Crippen LogP contribution in [0.3, 0.4) is 0 Å². The Kier molecular flexibility index (Phi) is 61.5. The summed E-state index contributed by atoms with van der Waals surface area (Å²) in [5, 5.41) is 16.9. The minimum atomic E-state index is 0.363. The van der Waals surface area contributed by atoms with Crippen LogP contribution in [0.2, 0.25) is 0 Å². The van der Waals surface area contributed by atoms with E-state index in [0.717, 1.165) is 69.8 Å². The molecule has 40 heavy (non-hydrogen) atoms. The van der Waals surface area contributed by atoms with Gasteiger partial charge in [-0.1, -0.05) is 158 Å². The molecular weight excluding hydrogens is 528 g/mol. The molecule has 244 valence electrons. The molecule has 0 saturated heterocycles. The molecule has 3 nitrogen and oxygen atoms in total. The summed E-state index contributed by atoms with van der Waals surface area (Å²) in [6.07, 6.45) is 25.5. The molecule has 0 aromatic carbocycles. The van der Waals surface area contributed by atoms with Crippen molar-refractivity contribution < 1.29 is 33.9 Å². The van der Waals surface area contributed by atoms with Crippen molar-refractivity contribution in [2.75, 3.05) is 13.2 Å². The Labute approximate surface area is 267 Å². The molecule has 4 heteroatoms. The standard InChI is InChI=1S/2C9H20O.2C9H19.O.Ti/c2*1-9(2)7-5-3-4-6-8-10;2*1-4-5-6-7-8-9(2)3;;/h2*9-10H,3-8H2,1-2H3;2*9H,1,4-8H2,2-3H3;;/q;;2*-1;;+2. The van der Waals surface area contributed by atoms with Crippen LogP contribution in [0, 0.1) is 37.5 Å². The number of rotatable bonds is 22. The molecule has 0 heterocycles. The molecule has 0 aliphatic rings. The van der Waals surface area contributed by atoms with Gasteiger partial charge in [-0.25, -0.2) is 0 Å². The molecule has 0 aliphatic carbocycles. The summed E-state index contributed by atoms with van der Waals surface area (Å²) in [6, 6.07) is 0. The van der Waals surface area contributed by atoms with Crippen molar-refractivity contribution in [1.29, 1.82) is 0 Å². The quantitative estimate of drug-likeness (QED) is 0.0732. The third-order valence-electron chi connectivity index (χ3n) is 6.44. The van der Waals surface area contributed by atoms with Gasteiger partial charge in [0.15, 0.2) is 0 Å². The third kappa shape index (κ3) is 77.1. The minimum absolute atomic E-state index is 0.363. The summed E-state index contributed by atoms with van der Waals surface area (Å²) in [5.41, 5.74) is 0. The first-order chi connectivity index (χ1) is 19.1. The first kappa shape index (κ1) is 50.1. The van der Waals surface area contributed by atoms with E-state index in [1.165, 1.54) is 103 Å². The van der Waals surface area contributed by atoms with Gasteiger partial charge in [0, 0.05) is 13.2 Å². The first-order valence-corrected chi connectivity index (χ1v) is 17.7. The van der Waals surface area contributed by atoms with Crippen molar-refractivity contribution >= 4 is 0 Å². The number of hydrogen-bond acceptors (Lipinski definition) is 3. The fourth-order valence-corrected chi connectivity index (χ4v) is 3.85. The van der Waals surface area contributed by atoms with E-state index in [9.17, 15) is 0 Å². The Morgan fingerprint density at radius 2 is 0.600 bits per heavy atom. The van der Waals surface area contributed by atoms with Gasteiger partial charge in [-0.2, -0.15) is 12.8 Å². The number of aliphatic hydroxyl groups excluding tert-OH is 2. The van der Waals surface area contributed by atoms with Crippen molar-refractivity contribution in [3.05, 3.63) is 13.8 Å². The fraction of sp³-hybridized carbons (Fsp3) is 0.944. The van der Waals surface area contributed by atoms with E-state index >= 15 is 0 Å².